The molecule has 0 bridgehead atoms. The average molecular weight is 277 g/mol. The molecule has 0 aliphatic heterocycles. The molecular formula is C13H13ClN4O. The van der Waals surface area contributed by atoms with E-state index in [2.05, 4.69) is 9.97 Å². The zero-order valence-corrected chi connectivity index (χ0v) is 11.3. The molecule has 1 aromatic heterocycles. The van der Waals surface area contributed by atoms with Crippen molar-refractivity contribution in [3.63, 3.8) is 0 Å². The second kappa shape index (κ2) is 5.24. The number of carbonyl (C=O) groups excluding carboxylic acids is 1. The van der Waals surface area contributed by atoms with Gasteiger partial charge in [-0.1, -0.05) is 11.6 Å². The molecule has 1 amide bonds. The van der Waals surface area contributed by atoms with Gasteiger partial charge in [-0.2, -0.15) is 0 Å². The van der Waals surface area contributed by atoms with Gasteiger partial charge in [-0.05, 0) is 25.1 Å². The molecule has 0 spiro atoms. The Morgan fingerprint density at radius 2 is 2.05 bits per heavy atom. The number of aryl methyl sites for hydroxylation is 1. The highest BCUT2D eigenvalue weighted by Crippen LogP contribution is 2.26. The highest BCUT2D eigenvalue weighted by atomic mass is 35.5. The number of hydrogen-bond donors (Lipinski definition) is 1. The summed E-state index contributed by atoms with van der Waals surface area (Å²) in [6.07, 6.45) is 2.98. The van der Waals surface area contributed by atoms with Crippen molar-refractivity contribution in [2.45, 2.75) is 6.92 Å². The number of nitrogens with two attached hydrogens (primary N) is 1. The monoisotopic (exact) mass is 276 g/mol. The number of amides is 1. The van der Waals surface area contributed by atoms with Crippen molar-refractivity contribution in [1.29, 1.82) is 0 Å². The van der Waals surface area contributed by atoms with Gasteiger partial charge in [0.2, 0.25) is 0 Å². The Kier molecular flexibility index (Phi) is 3.66. The molecule has 0 atom stereocenters. The summed E-state index contributed by atoms with van der Waals surface area (Å²) >= 11 is 5.91. The van der Waals surface area contributed by atoms with Crippen LogP contribution in [-0.4, -0.2) is 22.9 Å². The number of carbonyl (C=O) groups is 1. The summed E-state index contributed by atoms with van der Waals surface area (Å²) < 4.78 is 0. The lowest BCUT2D eigenvalue weighted by Crippen LogP contribution is -2.28. The van der Waals surface area contributed by atoms with Crippen LogP contribution < -0.4 is 10.6 Å². The Labute approximate surface area is 116 Å². The molecule has 1 aromatic carbocycles. The minimum atomic E-state index is -0.290. The summed E-state index contributed by atoms with van der Waals surface area (Å²) in [5.41, 5.74) is 7.86. The van der Waals surface area contributed by atoms with Crippen LogP contribution in [0.15, 0.2) is 30.6 Å². The number of benzene rings is 1. The molecular weight excluding hydrogens is 264 g/mol. The minimum Gasteiger partial charge on any atom is -0.397 e. The van der Waals surface area contributed by atoms with Gasteiger partial charge in [-0.25, -0.2) is 4.98 Å². The second-order valence-corrected chi connectivity index (χ2v) is 4.55. The molecule has 6 heteroatoms. The molecule has 98 valence electrons. The van der Waals surface area contributed by atoms with Crippen LogP contribution in [0.4, 0.5) is 11.4 Å². The van der Waals surface area contributed by atoms with Gasteiger partial charge in [-0.15, -0.1) is 0 Å². The molecule has 1 heterocycles. The molecule has 0 saturated heterocycles. The highest BCUT2D eigenvalue weighted by molar-refractivity contribution is 6.31. The maximum atomic E-state index is 12.2. The number of rotatable bonds is 2. The smallest absolute Gasteiger partial charge is 0.278 e. The van der Waals surface area contributed by atoms with Gasteiger partial charge in [0.1, 0.15) is 5.69 Å². The Bertz CT molecular complexity index is 613. The highest BCUT2D eigenvalue weighted by Gasteiger charge is 2.17. The van der Waals surface area contributed by atoms with E-state index < -0.39 is 0 Å². The Morgan fingerprint density at radius 1 is 1.32 bits per heavy atom. The van der Waals surface area contributed by atoms with Crippen molar-refractivity contribution < 1.29 is 4.79 Å². The van der Waals surface area contributed by atoms with Crippen molar-refractivity contribution in [1.82, 2.24) is 9.97 Å². The molecule has 0 saturated carbocycles. The van der Waals surface area contributed by atoms with Crippen molar-refractivity contribution >= 4 is 28.9 Å². The van der Waals surface area contributed by atoms with E-state index >= 15 is 0 Å². The molecule has 0 unspecified atom stereocenters. The molecule has 19 heavy (non-hydrogen) atoms. The lowest BCUT2D eigenvalue weighted by atomic mass is 10.2. The third-order valence-corrected chi connectivity index (χ3v) is 2.89. The third kappa shape index (κ3) is 2.82. The molecule has 0 radical (unpaired) electrons. The number of nitrogen functional groups attached to an aromatic ring is 1. The third-order valence-electron chi connectivity index (χ3n) is 2.66. The van der Waals surface area contributed by atoms with Gasteiger partial charge in [0.05, 0.1) is 23.3 Å². The fourth-order valence-electron chi connectivity index (χ4n) is 1.59. The van der Waals surface area contributed by atoms with E-state index in [1.807, 2.05) is 0 Å². The first-order chi connectivity index (χ1) is 8.99. The Hall–Kier alpha value is -2.14. The zero-order chi connectivity index (χ0) is 14.0. The lowest BCUT2D eigenvalue weighted by molar-refractivity contribution is 0.0988. The summed E-state index contributed by atoms with van der Waals surface area (Å²) in [4.78, 5) is 21.7. The molecule has 2 rings (SSSR count). The van der Waals surface area contributed by atoms with Crippen LogP contribution in [0.5, 0.6) is 0 Å². The van der Waals surface area contributed by atoms with Crippen molar-refractivity contribution in [2.75, 3.05) is 17.7 Å². The summed E-state index contributed by atoms with van der Waals surface area (Å²) in [6.45, 7) is 1.81. The van der Waals surface area contributed by atoms with Gasteiger partial charge in [0, 0.05) is 18.3 Å². The minimum absolute atomic E-state index is 0.257. The van der Waals surface area contributed by atoms with Gasteiger partial charge in [0.15, 0.2) is 0 Å². The first-order valence-electron chi connectivity index (χ1n) is 5.61. The quantitative estimate of drug-likeness (QED) is 0.854. The topological polar surface area (TPSA) is 72.1 Å². The number of halogens is 1. The van der Waals surface area contributed by atoms with Crippen LogP contribution in [0.1, 0.15) is 16.2 Å². The summed E-state index contributed by atoms with van der Waals surface area (Å²) in [5.74, 6) is -0.290. The van der Waals surface area contributed by atoms with Gasteiger partial charge >= 0.3 is 0 Å². The van der Waals surface area contributed by atoms with Gasteiger partial charge in [-0.3, -0.25) is 9.78 Å². The van der Waals surface area contributed by atoms with E-state index in [0.717, 1.165) is 5.69 Å². The van der Waals surface area contributed by atoms with Crippen LogP contribution in [0.2, 0.25) is 5.02 Å². The van der Waals surface area contributed by atoms with Crippen molar-refractivity contribution in [3.8, 4) is 0 Å². The lowest BCUT2D eigenvalue weighted by Gasteiger charge is -2.18. The van der Waals surface area contributed by atoms with Crippen LogP contribution in [0.3, 0.4) is 0 Å². The molecule has 2 N–H and O–H groups in total. The first-order valence-corrected chi connectivity index (χ1v) is 5.98. The molecule has 2 aromatic rings. The summed E-state index contributed by atoms with van der Waals surface area (Å²) in [6, 6.07) is 4.96. The van der Waals surface area contributed by atoms with Crippen LogP contribution in [0, 0.1) is 6.92 Å². The first kappa shape index (κ1) is 13.3. The zero-order valence-electron chi connectivity index (χ0n) is 10.6. The number of anilines is 2. The largest absolute Gasteiger partial charge is 0.397 e. The number of aromatic nitrogens is 2. The fourth-order valence-corrected chi connectivity index (χ4v) is 1.76. The SMILES string of the molecule is Cc1cnc(C(=O)N(C)c2cc(Cl)ccc2N)cn1. The Morgan fingerprint density at radius 3 is 2.68 bits per heavy atom. The van der Waals surface area contributed by atoms with E-state index in [4.69, 9.17) is 17.3 Å². The Balaban J connectivity index is 2.33. The molecule has 0 aliphatic rings. The molecule has 0 aliphatic carbocycles. The van der Waals surface area contributed by atoms with Crippen LogP contribution in [0.25, 0.3) is 0 Å². The van der Waals surface area contributed by atoms with Crippen molar-refractivity contribution in [2.24, 2.45) is 0 Å². The van der Waals surface area contributed by atoms with Crippen molar-refractivity contribution in [3.05, 3.63) is 47.0 Å². The van der Waals surface area contributed by atoms with E-state index in [9.17, 15) is 4.79 Å². The second-order valence-electron chi connectivity index (χ2n) is 4.11. The van der Waals surface area contributed by atoms with Gasteiger partial charge < -0.3 is 10.6 Å². The summed E-state index contributed by atoms with van der Waals surface area (Å²) in [5, 5.41) is 0.513. The van der Waals surface area contributed by atoms with Crippen LogP contribution in [-0.2, 0) is 0 Å². The van der Waals surface area contributed by atoms with E-state index in [0.29, 0.717) is 16.4 Å². The standard InChI is InChI=1S/C13H13ClN4O/c1-8-6-17-11(7-16-8)13(19)18(2)12-5-9(14)3-4-10(12)15/h3-7H,15H2,1-2H3. The number of nitrogens with zero attached hydrogens (tertiary/aromatic N) is 3. The van der Waals surface area contributed by atoms with Crippen LogP contribution >= 0.6 is 11.6 Å². The average Bonchev–Trinajstić information content (AvgIpc) is 2.41. The van der Waals surface area contributed by atoms with Gasteiger partial charge in [0.25, 0.3) is 5.91 Å². The van der Waals surface area contributed by atoms with E-state index in [-0.39, 0.29) is 11.6 Å². The number of hydrogen-bond acceptors (Lipinski definition) is 4. The maximum Gasteiger partial charge on any atom is 0.278 e. The fraction of sp³-hybridized carbons (Fsp3) is 0.154. The predicted octanol–water partition coefficient (Wildman–Crippen LogP) is 2.30. The van der Waals surface area contributed by atoms with E-state index in [1.54, 1.807) is 38.4 Å². The maximum absolute atomic E-state index is 12.2. The normalized spacial score (nSPS) is 10.3. The molecule has 0 fully saturated rings. The van der Waals surface area contributed by atoms with E-state index in [1.165, 1.54) is 11.1 Å². The molecule has 5 nitrogen and oxygen atoms in total. The predicted molar refractivity (Wildman–Crippen MR) is 75.4 cm³/mol. The summed E-state index contributed by atoms with van der Waals surface area (Å²) in [7, 11) is 1.62.